The molecule has 0 aromatic heterocycles. The van der Waals surface area contributed by atoms with Crippen molar-refractivity contribution in [2.75, 3.05) is 0 Å². The second-order valence-electron chi connectivity index (χ2n) is 3.91. The molecule has 0 heterocycles. The zero-order valence-corrected chi connectivity index (χ0v) is 10.5. The second kappa shape index (κ2) is 5.53. The minimum atomic E-state index is -4.37. The van der Waals surface area contributed by atoms with Crippen molar-refractivity contribution in [1.82, 2.24) is 0 Å². The molecule has 0 atom stereocenters. The van der Waals surface area contributed by atoms with Gasteiger partial charge in [-0.3, -0.25) is 0 Å². The molecular formula is C14H10ClF3O. The third kappa shape index (κ3) is 3.64. The molecule has 0 unspecified atom stereocenters. The Bertz CT molecular complexity index is 567. The fourth-order valence-corrected chi connectivity index (χ4v) is 1.73. The number of benzene rings is 2. The first-order valence-corrected chi connectivity index (χ1v) is 5.88. The second-order valence-corrected chi connectivity index (χ2v) is 4.31. The molecule has 100 valence electrons. The van der Waals surface area contributed by atoms with E-state index in [2.05, 4.69) is 0 Å². The molecule has 2 aromatic rings. The quantitative estimate of drug-likeness (QED) is 0.777. The number of hydrogen-bond acceptors (Lipinski definition) is 1. The van der Waals surface area contributed by atoms with E-state index in [9.17, 15) is 13.2 Å². The SMILES string of the molecule is FC(F)(F)c1cccc(OCc2ccccc2Cl)c1. The van der Waals surface area contributed by atoms with Gasteiger partial charge in [0.05, 0.1) is 5.56 Å². The summed E-state index contributed by atoms with van der Waals surface area (Å²) in [5, 5.41) is 0.523. The first-order chi connectivity index (χ1) is 8.97. The van der Waals surface area contributed by atoms with Crippen LogP contribution in [0.15, 0.2) is 48.5 Å². The highest BCUT2D eigenvalue weighted by Crippen LogP contribution is 2.31. The lowest BCUT2D eigenvalue weighted by Gasteiger charge is -2.10. The number of hydrogen-bond donors (Lipinski definition) is 0. The Balaban J connectivity index is 2.10. The highest BCUT2D eigenvalue weighted by molar-refractivity contribution is 6.31. The van der Waals surface area contributed by atoms with Crippen molar-refractivity contribution in [1.29, 1.82) is 0 Å². The van der Waals surface area contributed by atoms with Crippen LogP contribution in [0.25, 0.3) is 0 Å². The molecular weight excluding hydrogens is 277 g/mol. The first-order valence-electron chi connectivity index (χ1n) is 5.50. The summed E-state index contributed by atoms with van der Waals surface area (Å²) < 4.78 is 42.9. The molecule has 19 heavy (non-hydrogen) atoms. The summed E-state index contributed by atoms with van der Waals surface area (Å²) in [7, 11) is 0. The maximum Gasteiger partial charge on any atom is 0.416 e. The van der Waals surface area contributed by atoms with Gasteiger partial charge in [-0.1, -0.05) is 35.9 Å². The third-order valence-electron chi connectivity index (χ3n) is 2.51. The van der Waals surface area contributed by atoms with Gasteiger partial charge in [0.25, 0.3) is 0 Å². The molecule has 0 radical (unpaired) electrons. The maximum absolute atomic E-state index is 12.5. The summed E-state index contributed by atoms with van der Waals surface area (Å²) >= 11 is 5.93. The van der Waals surface area contributed by atoms with E-state index in [0.717, 1.165) is 17.7 Å². The molecule has 0 bridgehead atoms. The van der Waals surface area contributed by atoms with Crippen molar-refractivity contribution in [3.8, 4) is 5.75 Å². The van der Waals surface area contributed by atoms with Crippen LogP contribution in [0.3, 0.4) is 0 Å². The largest absolute Gasteiger partial charge is 0.489 e. The van der Waals surface area contributed by atoms with Gasteiger partial charge in [-0.15, -0.1) is 0 Å². The Morgan fingerprint density at radius 2 is 1.74 bits per heavy atom. The Kier molecular flexibility index (Phi) is 4.00. The van der Waals surface area contributed by atoms with Crippen molar-refractivity contribution < 1.29 is 17.9 Å². The van der Waals surface area contributed by atoms with Gasteiger partial charge < -0.3 is 4.74 Å². The van der Waals surface area contributed by atoms with E-state index in [1.54, 1.807) is 24.3 Å². The predicted octanol–water partition coefficient (Wildman–Crippen LogP) is 4.94. The Morgan fingerprint density at radius 1 is 1.00 bits per heavy atom. The number of ether oxygens (including phenoxy) is 1. The fourth-order valence-electron chi connectivity index (χ4n) is 1.54. The van der Waals surface area contributed by atoms with E-state index in [0.29, 0.717) is 5.02 Å². The van der Waals surface area contributed by atoms with Crippen LogP contribution in [0.5, 0.6) is 5.75 Å². The van der Waals surface area contributed by atoms with Gasteiger partial charge in [-0.2, -0.15) is 13.2 Å². The zero-order valence-electron chi connectivity index (χ0n) is 9.75. The van der Waals surface area contributed by atoms with Crippen LogP contribution in [-0.4, -0.2) is 0 Å². The topological polar surface area (TPSA) is 9.23 Å². The summed E-state index contributed by atoms with van der Waals surface area (Å²) in [5.74, 6) is 0.162. The number of halogens is 4. The normalized spacial score (nSPS) is 11.4. The van der Waals surface area contributed by atoms with Crippen LogP contribution >= 0.6 is 11.6 Å². The smallest absolute Gasteiger partial charge is 0.416 e. The van der Waals surface area contributed by atoms with E-state index in [1.807, 2.05) is 0 Å². The van der Waals surface area contributed by atoms with Crippen molar-refractivity contribution in [3.05, 3.63) is 64.7 Å². The summed E-state index contributed by atoms with van der Waals surface area (Å²) in [4.78, 5) is 0. The van der Waals surface area contributed by atoms with Gasteiger partial charge in [0, 0.05) is 10.6 Å². The summed E-state index contributed by atoms with van der Waals surface area (Å²) in [5.41, 5.74) is -0.00858. The third-order valence-corrected chi connectivity index (χ3v) is 2.88. The van der Waals surface area contributed by atoms with Gasteiger partial charge >= 0.3 is 6.18 Å². The molecule has 0 saturated carbocycles. The molecule has 2 rings (SSSR count). The van der Waals surface area contributed by atoms with Gasteiger partial charge in [0.1, 0.15) is 12.4 Å². The summed E-state index contributed by atoms with van der Waals surface area (Å²) in [6, 6.07) is 11.8. The molecule has 0 saturated heterocycles. The zero-order chi connectivity index (χ0) is 13.9. The summed E-state index contributed by atoms with van der Waals surface area (Å²) in [6.45, 7) is 0.126. The van der Waals surface area contributed by atoms with Crippen molar-refractivity contribution in [3.63, 3.8) is 0 Å². The lowest BCUT2D eigenvalue weighted by molar-refractivity contribution is -0.137. The number of rotatable bonds is 3. The molecule has 0 fully saturated rings. The average molecular weight is 287 g/mol. The highest BCUT2D eigenvalue weighted by atomic mass is 35.5. The van der Waals surface area contributed by atoms with Gasteiger partial charge in [0.15, 0.2) is 0 Å². The number of alkyl halides is 3. The minimum absolute atomic E-state index is 0.126. The van der Waals surface area contributed by atoms with Crippen molar-refractivity contribution in [2.45, 2.75) is 12.8 Å². The average Bonchev–Trinajstić information content (AvgIpc) is 2.37. The molecule has 0 aliphatic carbocycles. The van der Waals surface area contributed by atoms with Gasteiger partial charge in [-0.25, -0.2) is 0 Å². The Morgan fingerprint density at radius 3 is 2.42 bits per heavy atom. The molecule has 2 aromatic carbocycles. The highest BCUT2D eigenvalue weighted by Gasteiger charge is 2.30. The van der Waals surface area contributed by atoms with E-state index < -0.39 is 11.7 Å². The molecule has 0 N–H and O–H groups in total. The lowest BCUT2D eigenvalue weighted by atomic mass is 10.2. The first kappa shape index (κ1) is 13.7. The summed E-state index contributed by atoms with van der Waals surface area (Å²) in [6.07, 6.45) is -4.37. The molecule has 0 amide bonds. The van der Waals surface area contributed by atoms with E-state index >= 15 is 0 Å². The van der Waals surface area contributed by atoms with Gasteiger partial charge in [0.2, 0.25) is 0 Å². The van der Waals surface area contributed by atoms with Crippen LogP contribution in [0, 0.1) is 0 Å². The molecule has 0 aliphatic heterocycles. The monoisotopic (exact) mass is 286 g/mol. The van der Waals surface area contributed by atoms with E-state index in [1.165, 1.54) is 12.1 Å². The standard InChI is InChI=1S/C14H10ClF3O/c15-13-7-2-1-4-10(13)9-19-12-6-3-5-11(8-12)14(16,17)18/h1-8H,9H2. The minimum Gasteiger partial charge on any atom is -0.489 e. The lowest BCUT2D eigenvalue weighted by Crippen LogP contribution is -2.05. The molecule has 0 spiro atoms. The van der Waals surface area contributed by atoms with E-state index in [4.69, 9.17) is 16.3 Å². The Labute approximate surface area is 113 Å². The Hall–Kier alpha value is -1.68. The molecule has 5 heteroatoms. The fraction of sp³-hybridized carbons (Fsp3) is 0.143. The predicted molar refractivity (Wildman–Crippen MR) is 67.2 cm³/mol. The van der Waals surface area contributed by atoms with Crippen LogP contribution in [-0.2, 0) is 12.8 Å². The van der Waals surface area contributed by atoms with Crippen molar-refractivity contribution in [2.24, 2.45) is 0 Å². The van der Waals surface area contributed by atoms with Crippen LogP contribution < -0.4 is 4.74 Å². The van der Waals surface area contributed by atoms with Gasteiger partial charge in [-0.05, 0) is 24.3 Å². The van der Waals surface area contributed by atoms with Crippen LogP contribution in [0.4, 0.5) is 13.2 Å². The molecule has 1 nitrogen and oxygen atoms in total. The van der Waals surface area contributed by atoms with Crippen molar-refractivity contribution >= 4 is 11.6 Å². The van der Waals surface area contributed by atoms with E-state index in [-0.39, 0.29) is 12.4 Å². The maximum atomic E-state index is 12.5. The molecule has 0 aliphatic rings. The van der Waals surface area contributed by atoms with Crippen LogP contribution in [0.2, 0.25) is 5.02 Å². The van der Waals surface area contributed by atoms with Crippen LogP contribution in [0.1, 0.15) is 11.1 Å².